The number of hydrogen-bond acceptors (Lipinski definition) is 2. The Morgan fingerprint density at radius 2 is 1.82 bits per heavy atom. The van der Waals surface area contributed by atoms with Crippen molar-refractivity contribution in [2.24, 2.45) is 16.1 Å². The summed E-state index contributed by atoms with van der Waals surface area (Å²) in [6.07, 6.45) is 4.79. The van der Waals surface area contributed by atoms with Crippen molar-refractivity contribution >= 4 is 0 Å². The van der Waals surface area contributed by atoms with Crippen LogP contribution in [0, 0.1) is 5.92 Å². The molecular formula is C9H14N2. The fourth-order valence-corrected chi connectivity index (χ4v) is 1.89. The lowest BCUT2D eigenvalue weighted by molar-refractivity contribution is 0.643. The summed E-state index contributed by atoms with van der Waals surface area (Å²) in [5.74, 6) is 0.650. The molecule has 1 saturated carbocycles. The van der Waals surface area contributed by atoms with E-state index in [1.54, 1.807) is 0 Å². The first-order chi connectivity index (χ1) is 5.27. The third-order valence-corrected chi connectivity index (χ3v) is 2.35. The van der Waals surface area contributed by atoms with Gasteiger partial charge in [-0.05, 0) is 24.3 Å². The van der Waals surface area contributed by atoms with Crippen LogP contribution in [0.3, 0.4) is 0 Å². The minimum atomic E-state index is 0.461. The van der Waals surface area contributed by atoms with Gasteiger partial charge in [0.1, 0.15) is 0 Å². The summed E-state index contributed by atoms with van der Waals surface area (Å²) >= 11 is 0. The Labute approximate surface area is 67.4 Å². The number of nitrogens with zero attached hydrogens (tertiary/aromatic N) is 2. The van der Waals surface area contributed by atoms with E-state index in [9.17, 15) is 0 Å². The van der Waals surface area contributed by atoms with Gasteiger partial charge in [-0.25, -0.2) is 0 Å². The molecule has 1 heterocycles. The smallest absolute Gasteiger partial charge is 0.0940 e. The van der Waals surface area contributed by atoms with E-state index < -0.39 is 0 Å². The normalized spacial score (nSPS) is 33.9. The van der Waals surface area contributed by atoms with Crippen LogP contribution in [-0.2, 0) is 0 Å². The van der Waals surface area contributed by atoms with Gasteiger partial charge < -0.3 is 0 Å². The monoisotopic (exact) mass is 150 g/mol. The second-order valence-electron chi connectivity index (χ2n) is 3.75. The molecule has 2 atom stereocenters. The number of hydrogen-bond donors (Lipinski definition) is 0. The molecule has 1 fully saturated rings. The average molecular weight is 150 g/mol. The lowest BCUT2D eigenvalue weighted by Gasteiger charge is -2.02. The standard InChI is InChI=1S/C9H14N2/c1-6(2)5-7-8-3-4-9(7)11-10-8/h5-6,8-9H,3-4H2,1-2H3. The summed E-state index contributed by atoms with van der Waals surface area (Å²) in [6.45, 7) is 4.43. The third-order valence-electron chi connectivity index (χ3n) is 2.35. The highest BCUT2D eigenvalue weighted by molar-refractivity contribution is 5.26. The van der Waals surface area contributed by atoms with Gasteiger partial charge in [0.15, 0.2) is 0 Å². The minimum absolute atomic E-state index is 0.461. The summed E-state index contributed by atoms with van der Waals surface area (Å²) in [5.41, 5.74) is 1.49. The Balaban J connectivity index is 2.19. The summed E-state index contributed by atoms with van der Waals surface area (Å²) < 4.78 is 0. The predicted molar refractivity (Wildman–Crippen MR) is 44.6 cm³/mol. The van der Waals surface area contributed by atoms with Crippen LogP contribution in [0.15, 0.2) is 21.9 Å². The van der Waals surface area contributed by atoms with E-state index in [4.69, 9.17) is 0 Å². The van der Waals surface area contributed by atoms with Gasteiger partial charge in [-0.15, -0.1) is 0 Å². The van der Waals surface area contributed by atoms with Crippen molar-refractivity contribution in [2.45, 2.75) is 38.8 Å². The maximum Gasteiger partial charge on any atom is 0.0940 e. The maximum atomic E-state index is 4.20. The molecule has 0 N–H and O–H groups in total. The zero-order valence-corrected chi connectivity index (χ0v) is 7.12. The minimum Gasteiger partial charge on any atom is -0.186 e. The van der Waals surface area contributed by atoms with Crippen molar-refractivity contribution < 1.29 is 0 Å². The molecule has 2 bridgehead atoms. The highest BCUT2D eigenvalue weighted by Gasteiger charge is 2.35. The SMILES string of the molecule is CC(C)C=C1C2CCC1N=N2. The van der Waals surface area contributed by atoms with E-state index >= 15 is 0 Å². The fourth-order valence-electron chi connectivity index (χ4n) is 1.89. The van der Waals surface area contributed by atoms with E-state index in [0.29, 0.717) is 18.0 Å². The van der Waals surface area contributed by atoms with Crippen molar-refractivity contribution in [1.29, 1.82) is 0 Å². The van der Waals surface area contributed by atoms with E-state index in [1.165, 1.54) is 18.4 Å². The first-order valence-electron chi connectivity index (χ1n) is 4.39. The molecule has 2 unspecified atom stereocenters. The van der Waals surface area contributed by atoms with Crippen LogP contribution >= 0.6 is 0 Å². The Kier molecular flexibility index (Phi) is 1.55. The topological polar surface area (TPSA) is 24.7 Å². The summed E-state index contributed by atoms with van der Waals surface area (Å²) in [5, 5.41) is 8.39. The maximum absolute atomic E-state index is 4.20. The van der Waals surface area contributed by atoms with E-state index in [2.05, 4.69) is 30.2 Å². The van der Waals surface area contributed by atoms with Gasteiger partial charge in [0.05, 0.1) is 12.1 Å². The van der Waals surface area contributed by atoms with Gasteiger partial charge >= 0.3 is 0 Å². The Morgan fingerprint density at radius 3 is 2.18 bits per heavy atom. The fraction of sp³-hybridized carbons (Fsp3) is 0.778. The van der Waals surface area contributed by atoms with E-state index in [-0.39, 0.29) is 0 Å². The molecule has 2 aliphatic rings. The van der Waals surface area contributed by atoms with E-state index in [1.807, 2.05) is 0 Å². The summed E-state index contributed by atoms with van der Waals surface area (Å²) in [7, 11) is 0. The molecule has 0 spiro atoms. The lowest BCUT2D eigenvalue weighted by atomic mass is 10.0. The molecule has 0 saturated heterocycles. The molecule has 0 radical (unpaired) electrons. The van der Waals surface area contributed by atoms with Gasteiger partial charge in [0.2, 0.25) is 0 Å². The molecule has 2 heteroatoms. The second-order valence-corrected chi connectivity index (χ2v) is 3.75. The summed E-state index contributed by atoms with van der Waals surface area (Å²) in [6, 6.07) is 0.921. The van der Waals surface area contributed by atoms with Crippen LogP contribution in [0.1, 0.15) is 26.7 Å². The van der Waals surface area contributed by atoms with Crippen molar-refractivity contribution in [1.82, 2.24) is 0 Å². The van der Waals surface area contributed by atoms with Crippen molar-refractivity contribution in [2.75, 3.05) is 0 Å². The summed E-state index contributed by atoms with van der Waals surface area (Å²) in [4.78, 5) is 0. The molecule has 0 aromatic heterocycles. The number of fused-ring (bicyclic) bond motifs is 2. The predicted octanol–water partition coefficient (Wildman–Crippen LogP) is 2.57. The first kappa shape index (κ1) is 7.01. The number of rotatable bonds is 1. The van der Waals surface area contributed by atoms with E-state index in [0.717, 1.165) is 0 Å². The largest absolute Gasteiger partial charge is 0.186 e. The van der Waals surface area contributed by atoms with Gasteiger partial charge in [-0.3, -0.25) is 0 Å². The second kappa shape index (κ2) is 2.43. The van der Waals surface area contributed by atoms with Gasteiger partial charge in [0, 0.05) is 0 Å². The molecule has 0 aromatic rings. The highest BCUT2D eigenvalue weighted by atomic mass is 15.2. The zero-order valence-electron chi connectivity index (χ0n) is 7.12. The lowest BCUT2D eigenvalue weighted by Crippen LogP contribution is -2.01. The molecule has 1 aliphatic heterocycles. The average Bonchev–Trinajstić information content (AvgIpc) is 2.48. The van der Waals surface area contributed by atoms with Crippen molar-refractivity contribution in [3.63, 3.8) is 0 Å². The van der Waals surface area contributed by atoms with Crippen LogP contribution < -0.4 is 0 Å². The van der Waals surface area contributed by atoms with Crippen LogP contribution in [-0.4, -0.2) is 12.1 Å². The first-order valence-corrected chi connectivity index (χ1v) is 4.39. The molecule has 11 heavy (non-hydrogen) atoms. The van der Waals surface area contributed by atoms with Crippen LogP contribution in [0.2, 0.25) is 0 Å². The van der Waals surface area contributed by atoms with Gasteiger partial charge in [0.25, 0.3) is 0 Å². The molecule has 2 rings (SSSR count). The van der Waals surface area contributed by atoms with Gasteiger partial charge in [-0.1, -0.05) is 19.9 Å². The molecule has 0 amide bonds. The van der Waals surface area contributed by atoms with Crippen molar-refractivity contribution in [3.8, 4) is 0 Å². The van der Waals surface area contributed by atoms with Crippen LogP contribution in [0.25, 0.3) is 0 Å². The Morgan fingerprint density at radius 1 is 1.27 bits per heavy atom. The molecule has 2 nitrogen and oxygen atoms in total. The third kappa shape index (κ3) is 1.10. The van der Waals surface area contributed by atoms with Crippen LogP contribution in [0.5, 0.6) is 0 Å². The Bertz CT molecular complexity index is 200. The Hall–Kier alpha value is -0.660. The molecule has 1 aliphatic carbocycles. The van der Waals surface area contributed by atoms with Gasteiger partial charge in [-0.2, -0.15) is 10.2 Å². The molecule has 0 aromatic carbocycles. The molecular weight excluding hydrogens is 136 g/mol. The number of azo groups is 1. The molecule has 60 valence electrons. The highest BCUT2D eigenvalue weighted by Crippen LogP contribution is 2.37. The van der Waals surface area contributed by atoms with Crippen LogP contribution in [0.4, 0.5) is 0 Å². The zero-order chi connectivity index (χ0) is 7.84. The quantitative estimate of drug-likeness (QED) is 0.513. The number of allylic oxidation sites excluding steroid dienone is 1. The van der Waals surface area contributed by atoms with Crippen molar-refractivity contribution in [3.05, 3.63) is 11.6 Å².